The second kappa shape index (κ2) is 6.24. The highest BCUT2D eigenvalue weighted by atomic mass is 32.2. The molecule has 0 aromatic rings. The van der Waals surface area contributed by atoms with Gasteiger partial charge in [-0.3, -0.25) is 4.79 Å². The number of rotatable bonds is 6. The number of aliphatic carboxylic acids is 1. The maximum absolute atomic E-state index is 11.8. The van der Waals surface area contributed by atoms with Crippen LogP contribution >= 0.6 is 11.8 Å². The third-order valence-electron chi connectivity index (χ3n) is 4.66. The molecule has 2 amide bonds. The second-order valence-corrected chi connectivity index (χ2v) is 7.34. The molecule has 0 aliphatic heterocycles. The maximum atomic E-state index is 11.8. The van der Waals surface area contributed by atoms with Gasteiger partial charge in [-0.15, -0.1) is 0 Å². The molecule has 0 spiro atoms. The van der Waals surface area contributed by atoms with E-state index in [0.29, 0.717) is 19.4 Å². The fourth-order valence-electron chi connectivity index (χ4n) is 2.82. The summed E-state index contributed by atoms with van der Waals surface area (Å²) in [6, 6.07) is -0.239. The van der Waals surface area contributed by atoms with Crippen molar-refractivity contribution in [2.24, 2.45) is 5.41 Å². The van der Waals surface area contributed by atoms with Crippen LogP contribution in [0.25, 0.3) is 0 Å². The predicted octanol–water partition coefficient (Wildman–Crippen LogP) is 2.22. The van der Waals surface area contributed by atoms with Gasteiger partial charge in [-0.25, -0.2) is 4.79 Å². The zero-order valence-electron chi connectivity index (χ0n) is 12.0. The van der Waals surface area contributed by atoms with Crippen LogP contribution in [0.3, 0.4) is 0 Å². The Labute approximate surface area is 124 Å². The van der Waals surface area contributed by atoms with Crippen LogP contribution in [-0.4, -0.2) is 41.2 Å². The van der Waals surface area contributed by atoms with Gasteiger partial charge in [0, 0.05) is 17.8 Å². The molecule has 3 N–H and O–H groups in total. The lowest BCUT2D eigenvalue weighted by Crippen LogP contribution is -2.47. The first-order chi connectivity index (χ1) is 9.52. The van der Waals surface area contributed by atoms with Crippen molar-refractivity contribution in [3.8, 4) is 0 Å². The Balaban J connectivity index is 1.73. The van der Waals surface area contributed by atoms with E-state index in [0.717, 1.165) is 12.8 Å². The lowest BCUT2D eigenvalue weighted by Gasteiger charge is -2.35. The highest BCUT2D eigenvalue weighted by molar-refractivity contribution is 8.00. The van der Waals surface area contributed by atoms with Crippen LogP contribution in [0.4, 0.5) is 4.79 Å². The molecule has 0 aromatic carbocycles. The Morgan fingerprint density at radius 3 is 2.15 bits per heavy atom. The fourth-order valence-corrected chi connectivity index (χ4v) is 3.73. The quantitative estimate of drug-likeness (QED) is 0.703. The molecule has 0 bridgehead atoms. The Kier molecular flexibility index (Phi) is 4.83. The van der Waals surface area contributed by atoms with Gasteiger partial charge in [0.25, 0.3) is 0 Å². The molecule has 2 rings (SSSR count). The van der Waals surface area contributed by atoms with Crippen molar-refractivity contribution in [1.82, 2.24) is 10.6 Å². The minimum Gasteiger partial charge on any atom is -0.481 e. The first kappa shape index (κ1) is 15.5. The molecule has 0 saturated heterocycles. The molecule has 2 saturated carbocycles. The van der Waals surface area contributed by atoms with Crippen LogP contribution < -0.4 is 10.6 Å². The lowest BCUT2D eigenvalue weighted by atomic mass is 9.88. The summed E-state index contributed by atoms with van der Waals surface area (Å²) < 4.78 is 0.166. The van der Waals surface area contributed by atoms with E-state index in [1.807, 2.05) is 11.8 Å². The highest BCUT2D eigenvalue weighted by Gasteiger charge is 2.50. The van der Waals surface area contributed by atoms with Gasteiger partial charge in [0.05, 0.1) is 5.41 Å². The summed E-state index contributed by atoms with van der Waals surface area (Å²) in [6.45, 7) is 0.903. The Morgan fingerprint density at radius 1 is 1.05 bits per heavy atom. The predicted molar refractivity (Wildman–Crippen MR) is 80.0 cm³/mol. The fraction of sp³-hybridized carbons (Fsp3) is 0.857. The second-order valence-electron chi connectivity index (χ2n) is 6.07. The van der Waals surface area contributed by atoms with Crippen LogP contribution in [0.2, 0.25) is 0 Å². The van der Waals surface area contributed by atoms with Crippen molar-refractivity contribution in [3.63, 3.8) is 0 Å². The van der Waals surface area contributed by atoms with E-state index in [2.05, 4.69) is 16.9 Å². The van der Waals surface area contributed by atoms with Crippen LogP contribution in [-0.2, 0) is 4.79 Å². The molecule has 114 valence electrons. The van der Waals surface area contributed by atoms with Crippen molar-refractivity contribution in [2.75, 3.05) is 19.3 Å². The van der Waals surface area contributed by atoms with Crippen molar-refractivity contribution < 1.29 is 14.7 Å². The van der Waals surface area contributed by atoms with Crippen LogP contribution in [0.5, 0.6) is 0 Å². The largest absolute Gasteiger partial charge is 0.481 e. The summed E-state index contributed by atoms with van der Waals surface area (Å²) in [6.07, 6.45) is 9.47. The summed E-state index contributed by atoms with van der Waals surface area (Å²) in [5.74, 6) is -0.800. The molecule has 0 unspecified atom stereocenters. The molecule has 5 nitrogen and oxygen atoms in total. The topological polar surface area (TPSA) is 78.4 Å². The van der Waals surface area contributed by atoms with Gasteiger partial charge in [-0.1, -0.05) is 19.3 Å². The van der Waals surface area contributed by atoms with Gasteiger partial charge >= 0.3 is 12.0 Å². The smallest absolute Gasteiger partial charge is 0.314 e. The number of urea groups is 1. The minimum absolute atomic E-state index is 0.166. The molecule has 0 atom stereocenters. The van der Waals surface area contributed by atoms with E-state index in [4.69, 9.17) is 5.11 Å². The average Bonchev–Trinajstić information content (AvgIpc) is 3.25. The van der Waals surface area contributed by atoms with Gasteiger partial charge in [0.15, 0.2) is 0 Å². The number of carboxylic acids is 1. The van der Waals surface area contributed by atoms with Gasteiger partial charge in [0.2, 0.25) is 0 Å². The van der Waals surface area contributed by atoms with E-state index >= 15 is 0 Å². The zero-order valence-corrected chi connectivity index (χ0v) is 12.9. The number of hydrogen-bond donors (Lipinski definition) is 3. The Bertz CT molecular complexity index is 377. The summed E-state index contributed by atoms with van der Waals surface area (Å²) in [4.78, 5) is 22.8. The average molecular weight is 300 g/mol. The number of carbonyl (C=O) groups excluding carboxylic acids is 1. The number of nitrogens with one attached hydrogen (secondary N) is 2. The molecule has 2 aliphatic carbocycles. The van der Waals surface area contributed by atoms with E-state index in [1.165, 1.54) is 19.3 Å². The normalized spacial score (nSPS) is 22.9. The molecule has 2 fully saturated rings. The van der Waals surface area contributed by atoms with Crippen molar-refractivity contribution >= 4 is 23.8 Å². The van der Waals surface area contributed by atoms with Crippen LogP contribution in [0.15, 0.2) is 0 Å². The highest BCUT2D eigenvalue weighted by Crippen LogP contribution is 2.45. The third kappa shape index (κ3) is 3.59. The molecule has 0 radical (unpaired) electrons. The van der Waals surface area contributed by atoms with Gasteiger partial charge < -0.3 is 15.7 Å². The van der Waals surface area contributed by atoms with Crippen molar-refractivity contribution in [3.05, 3.63) is 0 Å². The van der Waals surface area contributed by atoms with Crippen molar-refractivity contribution in [2.45, 2.75) is 49.7 Å². The van der Waals surface area contributed by atoms with Gasteiger partial charge in [-0.2, -0.15) is 11.8 Å². The molecule has 0 aromatic heterocycles. The van der Waals surface area contributed by atoms with Crippen LogP contribution in [0, 0.1) is 5.41 Å². The number of carboxylic acid groups (broad SMARTS) is 1. The summed E-state index contributed by atoms with van der Waals surface area (Å²) >= 11 is 1.84. The number of thioether (sulfide) groups is 1. The van der Waals surface area contributed by atoms with Crippen molar-refractivity contribution in [1.29, 1.82) is 0 Å². The van der Waals surface area contributed by atoms with E-state index in [-0.39, 0.29) is 17.3 Å². The third-order valence-corrected chi connectivity index (χ3v) is 6.08. The van der Waals surface area contributed by atoms with Crippen LogP contribution in [0.1, 0.15) is 44.9 Å². The standard InChI is InChI=1S/C14H24N2O3S/c1-20-14(5-3-2-4-6-14)10-16-12(19)15-9-13(7-8-13)11(17)18/h2-10H2,1H3,(H,17,18)(H2,15,16,19). The molecule has 20 heavy (non-hydrogen) atoms. The maximum Gasteiger partial charge on any atom is 0.314 e. The monoisotopic (exact) mass is 300 g/mol. The lowest BCUT2D eigenvalue weighted by molar-refractivity contribution is -0.143. The van der Waals surface area contributed by atoms with E-state index in [1.54, 1.807) is 0 Å². The summed E-state index contributed by atoms with van der Waals surface area (Å²) in [7, 11) is 0. The molecule has 6 heteroatoms. The first-order valence-corrected chi connectivity index (χ1v) is 8.55. The summed E-state index contributed by atoms with van der Waals surface area (Å²) in [5.41, 5.74) is -0.695. The van der Waals surface area contributed by atoms with Gasteiger partial charge in [-0.05, 0) is 31.9 Å². The van der Waals surface area contributed by atoms with Gasteiger partial charge in [0.1, 0.15) is 0 Å². The molecule has 2 aliphatic rings. The first-order valence-electron chi connectivity index (χ1n) is 7.32. The van der Waals surface area contributed by atoms with E-state index < -0.39 is 11.4 Å². The molecular weight excluding hydrogens is 276 g/mol. The zero-order chi connectivity index (χ0) is 14.6. The Hall–Kier alpha value is -0.910. The Morgan fingerprint density at radius 2 is 1.65 bits per heavy atom. The minimum atomic E-state index is -0.800. The number of amides is 2. The van der Waals surface area contributed by atoms with E-state index in [9.17, 15) is 9.59 Å². The SMILES string of the molecule is CSC1(CNC(=O)NCC2(C(=O)O)CC2)CCCCC1. The number of hydrogen-bond acceptors (Lipinski definition) is 3. The summed E-state index contributed by atoms with van der Waals surface area (Å²) in [5, 5.41) is 14.7. The number of carbonyl (C=O) groups is 2. The molecular formula is C14H24N2O3S. The molecule has 0 heterocycles.